The summed E-state index contributed by atoms with van der Waals surface area (Å²) in [4.78, 5) is 8.77. The molecule has 1 aromatic heterocycles. The van der Waals surface area contributed by atoms with Gasteiger partial charge in [-0.1, -0.05) is 26.0 Å². The molecule has 1 aromatic carbocycles. The van der Waals surface area contributed by atoms with Gasteiger partial charge in [-0.25, -0.2) is 13.8 Å². The Morgan fingerprint density at radius 3 is 2.18 bits per heavy atom. The molecule has 0 radical (unpaired) electrons. The van der Waals surface area contributed by atoms with Crippen molar-refractivity contribution in [3.05, 3.63) is 47.9 Å². The number of benzene rings is 1. The van der Waals surface area contributed by atoms with Crippen LogP contribution in [0.1, 0.15) is 50.8 Å². The van der Waals surface area contributed by atoms with Crippen LogP contribution in [0.2, 0.25) is 0 Å². The highest BCUT2D eigenvalue weighted by atomic mass is 19.3. The number of halogens is 2. The smallest absolute Gasteiger partial charge is 0.270 e. The molecule has 1 heterocycles. The van der Waals surface area contributed by atoms with Crippen molar-refractivity contribution in [3.63, 3.8) is 0 Å². The Morgan fingerprint density at radius 2 is 1.64 bits per heavy atom. The standard InChI is InChI=1S/C17H21F2N3/c1-4-12(5-2)15-16(21-11-10-20-15)22-14-8-6-13(7-9-14)17(3,18)19/h6-12H,4-5H2,1-3H3,(H,21,22). The molecular weight excluding hydrogens is 284 g/mol. The summed E-state index contributed by atoms with van der Waals surface area (Å²) in [6, 6.07) is 6.13. The van der Waals surface area contributed by atoms with Gasteiger partial charge < -0.3 is 5.32 Å². The number of hydrogen-bond acceptors (Lipinski definition) is 3. The van der Waals surface area contributed by atoms with E-state index in [0.29, 0.717) is 11.7 Å². The minimum absolute atomic E-state index is 0.00240. The first-order valence-corrected chi connectivity index (χ1v) is 7.52. The highest BCUT2D eigenvalue weighted by Crippen LogP contribution is 2.30. The largest absolute Gasteiger partial charge is 0.339 e. The van der Waals surface area contributed by atoms with Crippen molar-refractivity contribution >= 4 is 11.5 Å². The summed E-state index contributed by atoms with van der Waals surface area (Å²) in [5, 5.41) is 3.18. The van der Waals surface area contributed by atoms with Crippen LogP contribution in [0, 0.1) is 0 Å². The first-order valence-electron chi connectivity index (χ1n) is 7.52. The van der Waals surface area contributed by atoms with E-state index in [4.69, 9.17) is 0 Å². The molecule has 2 aromatic rings. The van der Waals surface area contributed by atoms with Crippen LogP contribution in [-0.2, 0) is 5.92 Å². The van der Waals surface area contributed by atoms with Gasteiger partial charge in [0.2, 0.25) is 0 Å². The van der Waals surface area contributed by atoms with Crippen molar-refractivity contribution in [2.45, 2.75) is 45.5 Å². The first kappa shape index (κ1) is 16.3. The zero-order valence-corrected chi connectivity index (χ0v) is 13.1. The number of hydrogen-bond donors (Lipinski definition) is 1. The topological polar surface area (TPSA) is 37.8 Å². The fourth-order valence-corrected chi connectivity index (χ4v) is 2.40. The molecule has 0 aliphatic rings. The van der Waals surface area contributed by atoms with E-state index in [0.717, 1.165) is 31.1 Å². The summed E-state index contributed by atoms with van der Waals surface area (Å²) < 4.78 is 26.5. The Bertz CT molecular complexity index is 602. The van der Waals surface area contributed by atoms with Crippen molar-refractivity contribution in [2.24, 2.45) is 0 Å². The molecule has 5 heteroatoms. The van der Waals surface area contributed by atoms with E-state index in [1.807, 2.05) is 0 Å². The molecule has 0 unspecified atom stereocenters. The predicted molar refractivity (Wildman–Crippen MR) is 84.6 cm³/mol. The van der Waals surface area contributed by atoms with Crippen molar-refractivity contribution in [1.82, 2.24) is 9.97 Å². The van der Waals surface area contributed by atoms with Crippen LogP contribution in [0.15, 0.2) is 36.7 Å². The molecule has 0 bridgehead atoms. The average molecular weight is 305 g/mol. The second kappa shape index (κ2) is 6.81. The van der Waals surface area contributed by atoms with Gasteiger partial charge in [0.15, 0.2) is 5.82 Å². The lowest BCUT2D eigenvalue weighted by Gasteiger charge is -2.17. The third-order valence-corrected chi connectivity index (χ3v) is 3.75. The molecule has 1 N–H and O–H groups in total. The quantitative estimate of drug-likeness (QED) is 0.793. The number of rotatable bonds is 6. The van der Waals surface area contributed by atoms with E-state index in [1.54, 1.807) is 24.5 Å². The molecule has 2 rings (SSSR count). The number of nitrogens with zero attached hydrogens (tertiary/aromatic N) is 2. The van der Waals surface area contributed by atoms with Crippen LogP contribution in [0.4, 0.5) is 20.3 Å². The first-order chi connectivity index (χ1) is 10.5. The molecule has 118 valence electrons. The Hall–Kier alpha value is -2.04. The van der Waals surface area contributed by atoms with Gasteiger partial charge in [-0.15, -0.1) is 0 Å². The Labute approximate surface area is 129 Å². The van der Waals surface area contributed by atoms with E-state index in [9.17, 15) is 8.78 Å². The summed E-state index contributed by atoms with van der Waals surface area (Å²) in [5.41, 5.74) is 1.63. The molecule has 0 amide bonds. The van der Waals surface area contributed by atoms with Gasteiger partial charge in [-0.05, 0) is 25.0 Å². The maximum atomic E-state index is 13.2. The third kappa shape index (κ3) is 3.78. The van der Waals surface area contributed by atoms with Gasteiger partial charge >= 0.3 is 0 Å². The molecular formula is C17H21F2N3. The fourth-order valence-electron chi connectivity index (χ4n) is 2.40. The molecule has 0 atom stereocenters. The van der Waals surface area contributed by atoms with E-state index in [-0.39, 0.29) is 5.56 Å². The van der Waals surface area contributed by atoms with Gasteiger partial charge in [-0.3, -0.25) is 4.98 Å². The molecule has 0 saturated carbocycles. The van der Waals surface area contributed by atoms with Crippen LogP contribution in [-0.4, -0.2) is 9.97 Å². The van der Waals surface area contributed by atoms with Gasteiger partial charge in [0.25, 0.3) is 5.92 Å². The zero-order chi connectivity index (χ0) is 16.2. The highest BCUT2D eigenvalue weighted by Gasteiger charge is 2.23. The van der Waals surface area contributed by atoms with E-state index in [1.165, 1.54) is 12.1 Å². The lowest BCUT2D eigenvalue weighted by atomic mass is 9.99. The molecule has 3 nitrogen and oxygen atoms in total. The van der Waals surface area contributed by atoms with Crippen LogP contribution in [0.3, 0.4) is 0 Å². The van der Waals surface area contributed by atoms with Crippen molar-refractivity contribution in [2.75, 3.05) is 5.32 Å². The molecule has 22 heavy (non-hydrogen) atoms. The summed E-state index contributed by atoms with van der Waals surface area (Å²) in [5.74, 6) is -1.81. The maximum Gasteiger partial charge on any atom is 0.270 e. The summed E-state index contributed by atoms with van der Waals surface area (Å²) in [7, 11) is 0. The second-order valence-corrected chi connectivity index (χ2v) is 5.39. The van der Waals surface area contributed by atoms with Crippen molar-refractivity contribution < 1.29 is 8.78 Å². The van der Waals surface area contributed by atoms with Crippen LogP contribution in [0.5, 0.6) is 0 Å². The number of aromatic nitrogens is 2. The van der Waals surface area contributed by atoms with Gasteiger partial charge in [0.1, 0.15) is 0 Å². The van der Waals surface area contributed by atoms with E-state index in [2.05, 4.69) is 29.1 Å². The van der Waals surface area contributed by atoms with E-state index < -0.39 is 5.92 Å². The predicted octanol–water partition coefficient (Wildman–Crippen LogP) is 5.24. The minimum Gasteiger partial charge on any atom is -0.339 e. The minimum atomic E-state index is -2.83. The Balaban J connectivity index is 2.24. The zero-order valence-electron chi connectivity index (χ0n) is 13.1. The molecule has 0 saturated heterocycles. The SMILES string of the molecule is CCC(CC)c1nccnc1Nc1ccc(C(C)(F)F)cc1. The number of alkyl halides is 2. The maximum absolute atomic E-state index is 13.2. The summed E-state index contributed by atoms with van der Waals surface area (Å²) in [6.45, 7) is 5.12. The van der Waals surface area contributed by atoms with Crippen molar-refractivity contribution in [1.29, 1.82) is 0 Å². The van der Waals surface area contributed by atoms with Gasteiger partial charge in [0, 0.05) is 36.5 Å². The number of anilines is 2. The lowest BCUT2D eigenvalue weighted by Crippen LogP contribution is -2.08. The third-order valence-electron chi connectivity index (χ3n) is 3.75. The van der Waals surface area contributed by atoms with Crippen LogP contribution >= 0.6 is 0 Å². The number of nitrogens with one attached hydrogen (secondary N) is 1. The Morgan fingerprint density at radius 1 is 1.05 bits per heavy atom. The van der Waals surface area contributed by atoms with Gasteiger partial charge in [-0.2, -0.15) is 0 Å². The second-order valence-electron chi connectivity index (χ2n) is 5.39. The molecule has 0 fully saturated rings. The van der Waals surface area contributed by atoms with Crippen LogP contribution in [0.25, 0.3) is 0 Å². The average Bonchev–Trinajstić information content (AvgIpc) is 2.50. The fraction of sp³-hybridized carbons (Fsp3) is 0.412. The van der Waals surface area contributed by atoms with Crippen molar-refractivity contribution in [3.8, 4) is 0 Å². The highest BCUT2D eigenvalue weighted by molar-refractivity contribution is 5.59. The lowest BCUT2D eigenvalue weighted by molar-refractivity contribution is 0.0175. The normalized spacial score (nSPS) is 11.7. The summed E-state index contributed by atoms with van der Waals surface area (Å²) in [6.07, 6.45) is 5.26. The summed E-state index contributed by atoms with van der Waals surface area (Å²) >= 11 is 0. The molecule has 0 aliphatic carbocycles. The van der Waals surface area contributed by atoms with E-state index >= 15 is 0 Å². The molecule has 0 spiro atoms. The Kier molecular flexibility index (Phi) is 5.06. The monoisotopic (exact) mass is 305 g/mol. The molecule has 0 aliphatic heterocycles. The van der Waals surface area contributed by atoms with Gasteiger partial charge in [0.05, 0.1) is 5.69 Å². The van der Waals surface area contributed by atoms with Crippen LogP contribution < -0.4 is 5.32 Å².